The molecule has 0 saturated heterocycles. The van der Waals surface area contributed by atoms with Crippen LogP contribution in [0.15, 0.2) is 6.07 Å². The first-order valence-corrected chi connectivity index (χ1v) is 6.63. The smallest absolute Gasteiger partial charge is 0.224 e. The second kappa shape index (κ2) is 6.00. The van der Waals surface area contributed by atoms with Gasteiger partial charge in [0.05, 0.1) is 0 Å². The molecule has 1 aromatic heterocycles. The molecule has 100 valence electrons. The van der Waals surface area contributed by atoms with Gasteiger partial charge < -0.3 is 15.7 Å². The van der Waals surface area contributed by atoms with E-state index in [0.29, 0.717) is 17.9 Å². The minimum atomic E-state index is 0.251. The molecule has 5 heteroatoms. The number of rotatable bonds is 4. The molecule has 5 nitrogen and oxygen atoms in total. The molecule has 1 saturated carbocycles. The summed E-state index contributed by atoms with van der Waals surface area (Å²) in [6.07, 6.45) is 4.63. The fourth-order valence-electron chi connectivity index (χ4n) is 2.56. The molecule has 1 aromatic rings. The molecule has 2 atom stereocenters. The lowest BCUT2D eigenvalue weighted by Gasteiger charge is -2.31. The van der Waals surface area contributed by atoms with Crippen LogP contribution in [0.3, 0.4) is 0 Å². The maximum Gasteiger partial charge on any atom is 0.224 e. The molecular weight excluding hydrogens is 228 g/mol. The SMILES string of the molecule is CNc1nc(C)cc(NC2CCCCC2CO)n1. The lowest BCUT2D eigenvalue weighted by Crippen LogP contribution is -2.34. The van der Waals surface area contributed by atoms with Crippen molar-refractivity contribution in [2.45, 2.75) is 38.6 Å². The van der Waals surface area contributed by atoms with Crippen molar-refractivity contribution in [3.05, 3.63) is 11.8 Å². The summed E-state index contributed by atoms with van der Waals surface area (Å²) in [7, 11) is 1.82. The van der Waals surface area contributed by atoms with Gasteiger partial charge in [0.15, 0.2) is 0 Å². The second-order valence-corrected chi connectivity index (χ2v) is 4.95. The number of aliphatic hydroxyl groups excluding tert-OH is 1. The molecule has 18 heavy (non-hydrogen) atoms. The van der Waals surface area contributed by atoms with Crippen LogP contribution >= 0.6 is 0 Å². The lowest BCUT2D eigenvalue weighted by atomic mass is 9.85. The first-order valence-electron chi connectivity index (χ1n) is 6.63. The molecule has 0 spiro atoms. The summed E-state index contributed by atoms with van der Waals surface area (Å²) < 4.78 is 0. The molecule has 2 rings (SSSR count). The number of aryl methyl sites for hydroxylation is 1. The molecule has 1 heterocycles. The van der Waals surface area contributed by atoms with Crippen molar-refractivity contribution in [1.82, 2.24) is 9.97 Å². The van der Waals surface area contributed by atoms with E-state index in [9.17, 15) is 5.11 Å². The molecule has 1 aliphatic carbocycles. The Bertz CT molecular complexity index is 397. The highest BCUT2D eigenvalue weighted by atomic mass is 16.3. The third-order valence-corrected chi connectivity index (χ3v) is 3.55. The topological polar surface area (TPSA) is 70.1 Å². The number of aromatic nitrogens is 2. The van der Waals surface area contributed by atoms with E-state index in [0.717, 1.165) is 24.4 Å². The van der Waals surface area contributed by atoms with Crippen LogP contribution in [0.5, 0.6) is 0 Å². The summed E-state index contributed by atoms with van der Waals surface area (Å²) in [6, 6.07) is 2.27. The predicted octanol–water partition coefficient (Wildman–Crippen LogP) is 1.79. The van der Waals surface area contributed by atoms with E-state index < -0.39 is 0 Å². The van der Waals surface area contributed by atoms with Gasteiger partial charge in [0, 0.05) is 37.4 Å². The highest BCUT2D eigenvalue weighted by molar-refractivity contribution is 5.42. The van der Waals surface area contributed by atoms with Crippen LogP contribution in [-0.4, -0.2) is 34.8 Å². The van der Waals surface area contributed by atoms with Crippen molar-refractivity contribution in [2.75, 3.05) is 24.3 Å². The third kappa shape index (κ3) is 3.10. The van der Waals surface area contributed by atoms with Crippen LogP contribution in [0.1, 0.15) is 31.4 Å². The largest absolute Gasteiger partial charge is 0.396 e. The van der Waals surface area contributed by atoms with Crippen molar-refractivity contribution in [3.63, 3.8) is 0 Å². The predicted molar refractivity (Wildman–Crippen MR) is 72.8 cm³/mol. The summed E-state index contributed by atoms with van der Waals surface area (Å²) >= 11 is 0. The average Bonchev–Trinajstić information content (AvgIpc) is 2.38. The van der Waals surface area contributed by atoms with Gasteiger partial charge in [-0.05, 0) is 19.8 Å². The number of nitrogens with zero attached hydrogens (tertiary/aromatic N) is 2. The fourth-order valence-corrected chi connectivity index (χ4v) is 2.56. The molecule has 1 aliphatic rings. The van der Waals surface area contributed by atoms with Gasteiger partial charge in [-0.15, -0.1) is 0 Å². The van der Waals surface area contributed by atoms with E-state index in [2.05, 4.69) is 20.6 Å². The van der Waals surface area contributed by atoms with Crippen LogP contribution in [0.2, 0.25) is 0 Å². The fraction of sp³-hybridized carbons (Fsp3) is 0.692. The van der Waals surface area contributed by atoms with Gasteiger partial charge in [-0.3, -0.25) is 0 Å². The van der Waals surface area contributed by atoms with E-state index in [1.54, 1.807) is 0 Å². The van der Waals surface area contributed by atoms with Gasteiger partial charge >= 0.3 is 0 Å². The molecule has 0 radical (unpaired) electrons. The van der Waals surface area contributed by atoms with Gasteiger partial charge in [-0.1, -0.05) is 12.8 Å². The zero-order valence-corrected chi connectivity index (χ0v) is 11.1. The Morgan fingerprint density at radius 1 is 1.33 bits per heavy atom. The van der Waals surface area contributed by atoms with Crippen LogP contribution in [0.4, 0.5) is 11.8 Å². The highest BCUT2D eigenvalue weighted by Gasteiger charge is 2.24. The summed E-state index contributed by atoms with van der Waals surface area (Å²) in [6.45, 7) is 2.21. The van der Waals surface area contributed by atoms with E-state index in [1.807, 2.05) is 20.0 Å². The Hall–Kier alpha value is -1.36. The first-order chi connectivity index (χ1) is 8.72. The van der Waals surface area contributed by atoms with Crippen LogP contribution in [0.25, 0.3) is 0 Å². The van der Waals surface area contributed by atoms with Crippen molar-refractivity contribution in [1.29, 1.82) is 0 Å². The van der Waals surface area contributed by atoms with Crippen molar-refractivity contribution < 1.29 is 5.11 Å². The number of hydrogen-bond acceptors (Lipinski definition) is 5. The Balaban J connectivity index is 2.09. The number of aliphatic hydroxyl groups is 1. The Morgan fingerprint density at radius 2 is 2.11 bits per heavy atom. The Labute approximate surface area is 108 Å². The molecule has 0 aromatic carbocycles. The average molecular weight is 250 g/mol. The zero-order valence-electron chi connectivity index (χ0n) is 11.1. The quantitative estimate of drug-likeness (QED) is 0.760. The van der Waals surface area contributed by atoms with Crippen molar-refractivity contribution >= 4 is 11.8 Å². The van der Waals surface area contributed by atoms with Crippen molar-refractivity contribution in [2.24, 2.45) is 5.92 Å². The monoisotopic (exact) mass is 250 g/mol. The number of hydrogen-bond donors (Lipinski definition) is 3. The van der Waals surface area contributed by atoms with Crippen LogP contribution in [0, 0.1) is 12.8 Å². The minimum absolute atomic E-state index is 0.251. The third-order valence-electron chi connectivity index (χ3n) is 3.55. The standard InChI is InChI=1S/C13H22N4O/c1-9-7-12(17-13(14-2)15-9)16-11-6-4-3-5-10(11)8-18/h7,10-11,18H,3-6,8H2,1-2H3,(H2,14,15,16,17). The maximum atomic E-state index is 9.41. The Kier molecular flexibility index (Phi) is 4.36. The highest BCUT2D eigenvalue weighted by Crippen LogP contribution is 2.26. The van der Waals surface area contributed by atoms with Gasteiger partial charge in [-0.2, -0.15) is 4.98 Å². The number of nitrogens with one attached hydrogen (secondary N) is 2. The van der Waals surface area contributed by atoms with Crippen molar-refractivity contribution in [3.8, 4) is 0 Å². The van der Waals surface area contributed by atoms with E-state index >= 15 is 0 Å². The molecule has 1 fully saturated rings. The van der Waals surface area contributed by atoms with Gasteiger partial charge in [0.1, 0.15) is 5.82 Å². The second-order valence-electron chi connectivity index (χ2n) is 4.95. The van der Waals surface area contributed by atoms with E-state index in [-0.39, 0.29) is 6.61 Å². The molecule has 3 N–H and O–H groups in total. The lowest BCUT2D eigenvalue weighted by molar-refractivity contribution is 0.178. The van der Waals surface area contributed by atoms with E-state index in [4.69, 9.17) is 0 Å². The first kappa shape index (κ1) is 13.1. The maximum absolute atomic E-state index is 9.41. The van der Waals surface area contributed by atoms with Gasteiger partial charge in [0.2, 0.25) is 5.95 Å². The normalized spacial score (nSPS) is 23.7. The minimum Gasteiger partial charge on any atom is -0.396 e. The summed E-state index contributed by atoms with van der Waals surface area (Å²) in [5, 5.41) is 15.8. The molecule has 0 bridgehead atoms. The summed E-state index contributed by atoms with van der Waals surface area (Å²) in [5.41, 5.74) is 0.938. The van der Waals surface area contributed by atoms with Crippen LogP contribution in [-0.2, 0) is 0 Å². The molecule has 2 unspecified atom stereocenters. The summed E-state index contributed by atoms with van der Waals surface area (Å²) in [5.74, 6) is 1.82. The van der Waals surface area contributed by atoms with E-state index in [1.165, 1.54) is 12.8 Å². The molecular formula is C13H22N4O. The Morgan fingerprint density at radius 3 is 2.83 bits per heavy atom. The number of anilines is 2. The molecule has 0 aliphatic heterocycles. The molecule has 0 amide bonds. The van der Waals surface area contributed by atoms with Gasteiger partial charge in [0.25, 0.3) is 0 Å². The summed E-state index contributed by atoms with van der Waals surface area (Å²) in [4.78, 5) is 8.67. The van der Waals surface area contributed by atoms with Crippen LogP contribution < -0.4 is 10.6 Å². The van der Waals surface area contributed by atoms with Gasteiger partial charge in [-0.25, -0.2) is 4.98 Å². The zero-order chi connectivity index (χ0) is 13.0.